The van der Waals surface area contributed by atoms with E-state index in [-0.39, 0.29) is 0 Å². The molecule has 0 fully saturated rings. The van der Waals surface area contributed by atoms with Crippen molar-refractivity contribution in [1.29, 1.82) is 0 Å². The van der Waals surface area contributed by atoms with Gasteiger partial charge in [0.1, 0.15) is 11.2 Å². The molecule has 182 valence electrons. The van der Waals surface area contributed by atoms with Crippen LogP contribution in [0.2, 0.25) is 0 Å². The lowest BCUT2D eigenvalue weighted by Gasteiger charge is -2.08. The summed E-state index contributed by atoms with van der Waals surface area (Å²) >= 11 is 1.86. The molecular formula is C36H21NOS. The minimum atomic E-state index is 0.931. The van der Waals surface area contributed by atoms with E-state index in [2.05, 4.69) is 120 Å². The molecule has 0 radical (unpaired) electrons. The summed E-state index contributed by atoms with van der Waals surface area (Å²) in [5, 5.41) is 7.51. The zero-order valence-electron chi connectivity index (χ0n) is 20.9. The van der Waals surface area contributed by atoms with Crippen molar-refractivity contribution in [2.75, 3.05) is 0 Å². The van der Waals surface area contributed by atoms with Gasteiger partial charge in [-0.25, -0.2) is 0 Å². The second kappa shape index (κ2) is 7.83. The Labute approximate surface area is 227 Å². The number of benzene rings is 6. The number of para-hydroxylation sites is 3. The van der Waals surface area contributed by atoms with Gasteiger partial charge < -0.3 is 8.98 Å². The van der Waals surface area contributed by atoms with Gasteiger partial charge in [0.05, 0.1) is 11.0 Å². The van der Waals surface area contributed by atoms with Crippen molar-refractivity contribution >= 4 is 75.3 Å². The van der Waals surface area contributed by atoms with E-state index in [4.69, 9.17) is 4.42 Å². The highest BCUT2D eigenvalue weighted by atomic mass is 32.1. The molecule has 2 nitrogen and oxygen atoms in total. The SMILES string of the molecule is c1ccc2c(c1)oc1cc(-c3ccc4c(c3)sc3cc(-n5c6ccccc6c6ccccc65)ccc34)ccc12. The smallest absolute Gasteiger partial charge is 0.136 e. The fraction of sp³-hybridized carbons (Fsp3) is 0. The van der Waals surface area contributed by atoms with Gasteiger partial charge in [-0.3, -0.25) is 0 Å². The Balaban J connectivity index is 1.20. The van der Waals surface area contributed by atoms with E-state index in [9.17, 15) is 0 Å². The zero-order valence-corrected chi connectivity index (χ0v) is 21.7. The summed E-state index contributed by atoms with van der Waals surface area (Å²) in [5.74, 6) is 0. The van der Waals surface area contributed by atoms with E-state index >= 15 is 0 Å². The van der Waals surface area contributed by atoms with Crippen LogP contribution in [-0.4, -0.2) is 4.57 Å². The summed E-state index contributed by atoms with van der Waals surface area (Å²) < 4.78 is 11.1. The maximum absolute atomic E-state index is 6.16. The second-order valence-corrected chi connectivity index (χ2v) is 11.3. The van der Waals surface area contributed by atoms with E-state index in [1.54, 1.807) is 0 Å². The third-order valence-corrected chi connectivity index (χ3v) is 9.12. The van der Waals surface area contributed by atoms with E-state index in [0.717, 1.165) is 21.9 Å². The quantitative estimate of drug-likeness (QED) is 0.224. The van der Waals surface area contributed by atoms with E-state index < -0.39 is 0 Å². The Hall–Kier alpha value is -4.86. The molecule has 3 aromatic heterocycles. The Morgan fingerprint density at radius 1 is 0.436 bits per heavy atom. The number of fused-ring (bicyclic) bond motifs is 9. The van der Waals surface area contributed by atoms with Gasteiger partial charge in [0, 0.05) is 47.4 Å². The number of hydrogen-bond donors (Lipinski definition) is 0. The molecule has 3 heteroatoms. The van der Waals surface area contributed by atoms with Crippen molar-refractivity contribution in [3.05, 3.63) is 127 Å². The van der Waals surface area contributed by atoms with Crippen molar-refractivity contribution in [2.45, 2.75) is 0 Å². The first-order chi connectivity index (χ1) is 19.3. The van der Waals surface area contributed by atoms with Crippen molar-refractivity contribution < 1.29 is 4.42 Å². The molecule has 9 aromatic rings. The fourth-order valence-corrected chi connectivity index (χ4v) is 7.37. The normalized spacial score (nSPS) is 12.1. The van der Waals surface area contributed by atoms with Gasteiger partial charge in [0.2, 0.25) is 0 Å². The Morgan fingerprint density at radius 3 is 1.77 bits per heavy atom. The van der Waals surface area contributed by atoms with Gasteiger partial charge in [-0.1, -0.05) is 78.9 Å². The number of hydrogen-bond acceptors (Lipinski definition) is 2. The summed E-state index contributed by atoms with van der Waals surface area (Å²) in [6.45, 7) is 0. The summed E-state index contributed by atoms with van der Waals surface area (Å²) in [5.41, 5.74) is 7.92. The molecule has 0 aliphatic carbocycles. The summed E-state index contributed by atoms with van der Waals surface area (Å²) in [4.78, 5) is 0. The standard InChI is InChI=1S/C36H21NOS/c1-4-10-31-25(7-1)26-8-2-5-11-32(26)37(31)24-15-18-30-29-17-14-23(20-35(29)39-36(30)21-24)22-13-16-28-27-9-3-6-12-33(27)38-34(28)19-22/h1-21H. The molecule has 6 aromatic carbocycles. The highest BCUT2D eigenvalue weighted by Crippen LogP contribution is 2.40. The largest absolute Gasteiger partial charge is 0.456 e. The van der Waals surface area contributed by atoms with Gasteiger partial charge in [0.25, 0.3) is 0 Å². The monoisotopic (exact) mass is 515 g/mol. The van der Waals surface area contributed by atoms with Crippen LogP contribution in [0.25, 0.3) is 80.7 Å². The molecule has 0 aliphatic rings. The molecule has 0 amide bonds. The average molecular weight is 516 g/mol. The molecule has 0 saturated heterocycles. The lowest BCUT2D eigenvalue weighted by atomic mass is 10.0. The molecule has 0 atom stereocenters. The van der Waals surface area contributed by atoms with Gasteiger partial charge >= 0.3 is 0 Å². The summed E-state index contributed by atoms with van der Waals surface area (Å²) in [6.07, 6.45) is 0. The molecule has 0 aliphatic heterocycles. The van der Waals surface area contributed by atoms with Crippen molar-refractivity contribution in [1.82, 2.24) is 4.57 Å². The molecule has 0 unspecified atom stereocenters. The predicted molar refractivity (Wildman–Crippen MR) is 166 cm³/mol. The second-order valence-electron chi connectivity index (χ2n) is 10.2. The van der Waals surface area contributed by atoms with Crippen LogP contribution >= 0.6 is 11.3 Å². The third-order valence-electron chi connectivity index (χ3n) is 8.01. The molecule has 39 heavy (non-hydrogen) atoms. The van der Waals surface area contributed by atoms with Gasteiger partial charge in [-0.05, 0) is 59.7 Å². The van der Waals surface area contributed by atoms with Crippen LogP contribution in [0.1, 0.15) is 0 Å². The molecule has 0 bridgehead atoms. The minimum Gasteiger partial charge on any atom is -0.456 e. The number of aromatic nitrogens is 1. The van der Waals surface area contributed by atoms with Gasteiger partial charge in [0.15, 0.2) is 0 Å². The molecule has 0 saturated carbocycles. The van der Waals surface area contributed by atoms with Gasteiger partial charge in [-0.15, -0.1) is 11.3 Å². The lowest BCUT2D eigenvalue weighted by molar-refractivity contribution is 0.669. The van der Waals surface area contributed by atoms with Crippen molar-refractivity contribution in [2.24, 2.45) is 0 Å². The Kier molecular flexibility index (Phi) is 4.24. The maximum Gasteiger partial charge on any atom is 0.136 e. The molecular weight excluding hydrogens is 494 g/mol. The lowest BCUT2D eigenvalue weighted by Crippen LogP contribution is -1.92. The number of thiophene rings is 1. The fourth-order valence-electron chi connectivity index (χ4n) is 6.19. The topological polar surface area (TPSA) is 18.1 Å². The number of rotatable bonds is 2. The Morgan fingerprint density at radius 2 is 1.00 bits per heavy atom. The third kappa shape index (κ3) is 3.02. The predicted octanol–water partition coefficient (Wildman–Crippen LogP) is 10.7. The van der Waals surface area contributed by atoms with E-state index in [1.165, 1.54) is 58.8 Å². The summed E-state index contributed by atoms with van der Waals surface area (Å²) in [6, 6.07) is 45.9. The van der Waals surface area contributed by atoms with Crippen LogP contribution in [0.15, 0.2) is 132 Å². The van der Waals surface area contributed by atoms with E-state index in [0.29, 0.717) is 0 Å². The first-order valence-corrected chi connectivity index (χ1v) is 14.0. The molecule has 0 spiro atoms. The number of furan rings is 1. The highest BCUT2D eigenvalue weighted by molar-refractivity contribution is 7.25. The molecule has 9 rings (SSSR count). The van der Waals surface area contributed by atoms with Gasteiger partial charge in [-0.2, -0.15) is 0 Å². The maximum atomic E-state index is 6.16. The molecule has 0 N–H and O–H groups in total. The van der Waals surface area contributed by atoms with Crippen LogP contribution in [-0.2, 0) is 0 Å². The first kappa shape index (κ1) is 21.1. The van der Waals surface area contributed by atoms with Crippen LogP contribution in [0.3, 0.4) is 0 Å². The van der Waals surface area contributed by atoms with Crippen LogP contribution in [0, 0.1) is 0 Å². The first-order valence-electron chi connectivity index (χ1n) is 13.2. The molecule has 3 heterocycles. The Bertz CT molecular complexity index is 2350. The van der Waals surface area contributed by atoms with Crippen LogP contribution in [0.4, 0.5) is 0 Å². The minimum absolute atomic E-state index is 0.931. The van der Waals surface area contributed by atoms with Crippen LogP contribution < -0.4 is 0 Å². The summed E-state index contributed by atoms with van der Waals surface area (Å²) in [7, 11) is 0. The van der Waals surface area contributed by atoms with E-state index in [1.807, 2.05) is 23.5 Å². The van der Waals surface area contributed by atoms with Crippen LogP contribution in [0.5, 0.6) is 0 Å². The van der Waals surface area contributed by atoms with Crippen molar-refractivity contribution in [3.63, 3.8) is 0 Å². The van der Waals surface area contributed by atoms with Crippen molar-refractivity contribution in [3.8, 4) is 16.8 Å². The zero-order chi connectivity index (χ0) is 25.5. The highest BCUT2D eigenvalue weighted by Gasteiger charge is 2.14. The average Bonchev–Trinajstić information content (AvgIpc) is 3.65. The number of nitrogens with zero attached hydrogens (tertiary/aromatic N) is 1.